The van der Waals surface area contributed by atoms with Gasteiger partial charge >= 0.3 is 12.1 Å². The summed E-state index contributed by atoms with van der Waals surface area (Å²) < 4.78 is 9.66. The minimum atomic E-state index is -0.634. The van der Waals surface area contributed by atoms with Gasteiger partial charge in [-0.25, -0.2) is 9.59 Å². The summed E-state index contributed by atoms with van der Waals surface area (Å²) in [5, 5.41) is 2.56. The van der Waals surface area contributed by atoms with Crippen molar-refractivity contribution in [2.45, 2.75) is 13.8 Å². The van der Waals surface area contributed by atoms with Gasteiger partial charge in [0.25, 0.3) is 0 Å². The Morgan fingerprint density at radius 3 is 2.60 bits per heavy atom. The quantitative estimate of drug-likeness (QED) is 0.373. The topological polar surface area (TPSA) is 90.6 Å². The first kappa shape index (κ1) is 15.6. The molecule has 0 saturated carbocycles. The zero-order chi connectivity index (χ0) is 15.1. The highest BCUT2D eigenvalue weighted by Gasteiger charge is 2.07. The molecular weight excluding hydrogens is 260 g/mol. The Hall–Kier alpha value is -2.50. The van der Waals surface area contributed by atoms with Crippen molar-refractivity contribution < 1.29 is 19.1 Å². The summed E-state index contributed by atoms with van der Waals surface area (Å²) in [7, 11) is 0. The number of amides is 1. The van der Waals surface area contributed by atoms with E-state index in [0.29, 0.717) is 16.9 Å². The zero-order valence-corrected chi connectivity index (χ0v) is 11.6. The van der Waals surface area contributed by atoms with E-state index in [-0.39, 0.29) is 13.2 Å². The average molecular weight is 278 g/mol. The van der Waals surface area contributed by atoms with Crippen LogP contribution in [0.5, 0.6) is 0 Å². The molecule has 1 amide bonds. The maximum atomic E-state index is 11.5. The lowest BCUT2D eigenvalue weighted by Gasteiger charge is -2.10. The van der Waals surface area contributed by atoms with Crippen LogP contribution in [-0.4, -0.2) is 25.3 Å². The van der Waals surface area contributed by atoms with Crippen LogP contribution in [0.25, 0.3) is 0 Å². The van der Waals surface area contributed by atoms with Gasteiger partial charge in [0, 0.05) is 16.9 Å². The van der Waals surface area contributed by atoms with E-state index in [2.05, 4.69) is 11.9 Å². The Balaban J connectivity index is 2.35. The highest BCUT2D eigenvalue weighted by molar-refractivity contribution is 5.87. The number of aryl methyl sites for hydroxylation is 1. The van der Waals surface area contributed by atoms with Gasteiger partial charge < -0.3 is 15.2 Å². The first-order valence-electron chi connectivity index (χ1n) is 6.02. The van der Waals surface area contributed by atoms with Crippen molar-refractivity contribution >= 4 is 23.4 Å². The minimum Gasteiger partial charge on any atom is -0.459 e. The minimum absolute atomic E-state index is 0.0188. The van der Waals surface area contributed by atoms with Crippen molar-refractivity contribution in [1.82, 2.24) is 0 Å². The smallest absolute Gasteiger partial charge is 0.411 e. The molecule has 0 aliphatic rings. The highest BCUT2D eigenvalue weighted by Crippen LogP contribution is 2.18. The Labute approximate surface area is 117 Å². The highest BCUT2D eigenvalue weighted by atomic mass is 16.6. The molecule has 0 spiro atoms. The Morgan fingerprint density at radius 2 is 1.95 bits per heavy atom. The first-order chi connectivity index (χ1) is 9.40. The van der Waals surface area contributed by atoms with Gasteiger partial charge in [-0.2, -0.15) is 0 Å². The monoisotopic (exact) mass is 278 g/mol. The third-order valence-corrected chi connectivity index (χ3v) is 2.40. The molecule has 20 heavy (non-hydrogen) atoms. The maximum absolute atomic E-state index is 11.5. The summed E-state index contributed by atoms with van der Waals surface area (Å²) in [6.45, 7) is 6.76. The summed E-state index contributed by atoms with van der Waals surface area (Å²) >= 11 is 0. The van der Waals surface area contributed by atoms with Crippen LogP contribution in [-0.2, 0) is 14.3 Å². The molecule has 0 aliphatic carbocycles. The van der Waals surface area contributed by atoms with Crippen LogP contribution in [0.1, 0.15) is 12.5 Å². The molecule has 1 rings (SSSR count). The van der Waals surface area contributed by atoms with Crippen LogP contribution in [0.15, 0.2) is 30.4 Å². The molecule has 1 aromatic rings. The molecule has 0 saturated heterocycles. The second-order valence-corrected chi connectivity index (χ2v) is 4.25. The molecule has 6 heteroatoms. The van der Waals surface area contributed by atoms with Crippen LogP contribution in [0.3, 0.4) is 0 Å². The summed E-state index contributed by atoms with van der Waals surface area (Å²) in [4.78, 5) is 22.6. The number of rotatable bonds is 5. The molecule has 0 fully saturated rings. The summed E-state index contributed by atoms with van der Waals surface area (Å²) in [5.74, 6) is -0.513. The second kappa shape index (κ2) is 7.18. The van der Waals surface area contributed by atoms with Gasteiger partial charge in [0.2, 0.25) is 0 Å². The van der Waals surface area contributed by atoms with E-state index in [1.165, 1.54) is 0 Å². The molecular formula is C14H18N2O4. The van der Waals surface area contributed by atoms with E-state index in [1.807, 2.05) is 6.92 Å². The normalized spacial score (nSPS) is 9.70. The van der Waals surface area contributed by atoms with Gasteiger partial charge in [-0.05, 0) is 31.5 Å². The van der Waals surface area contributed by atoms with Gasteiger partial charge in [-0.3, -0.25) is 5.32 Å². The van der Waals surface area contributed by atoms with Crippen molar-refractivity contribution in [2.24, 2.45) is 0 Å². The van der Waals surface area contributed by atoms with Crippen LogP contribution in [0, 0.1) is 6.92 Å². The number of esters is 1. The SMILES string of the molecule is C=C(C)C(=O)OCCOC(=O)Nc1cc(N)ccc1C. The fraction of sp³-hybridized carbons (Fsp3) is 0.286. The number of anilines is 2. The summed E-state index contributed by atoms with van der Waals surface area (Å²) in [5.41, 5.74) is 7.91. The van der Waals surface area contributed by atoms with Crippen molar-refractivity contribution in [3.63, 3.8) is 0 Å². The molecule has 3 N–H and O–H groups in total. The third kappa shape index (κ3) is 5.01. The number of benzene rings is 1. The predicted molar refractivity (Wildman–Crippen MR) is 76.3 cm³/mol. The Kier molecular flexibility index (Phi) is 5.58. The van der Waals surface area contributed by atoms with E-state index in [4.69, 9.17) is 15.2 Å². The fourth-order valence-electron chi connectivity index (χ4n) is 1.31. The molecule has 0 bridgehead atoms. The average Bonchev–Trinajstić information content (AvgIpc) is 2.38. The second-order valence-electron chi connectivity index (χ2n) is 4.25. The maximum Gasteiger partial charge on any atom is 0.411 e. The Morgan fingerprint density at radius 1 is 1.30 bits per heavy atom. The number of hydrogen-bond donors (Lipinski definition) is 2. The van der Waals surface area contributed by atoms with Crippen LogP contribution in [0.4, 0.5) is 16.2 Å². The van der Waals surface area contributed by atoms with Crippen LogP contribution < -0.4 is 11.1 Å². The number of hydrogen-bond acceptors (Lipinski definition) is 5. The zero-order valence-electron chi connectivity index (χ0n) is 11.6. The first-order valence-corrected chi connectivity index (χ1v) is 6.02. The van der Waals surface area contributed by atoms with Gasteiger partial charge in [0.15, 0.2) is 0 Å². The largest absolute Gasteiger partial charge is 0.459 e. The molecule has 6 nitrogen and oxygen atoms in total. The third-order valence-electron chi connectivity index (χ3n) is 2.40. The number of nitrogen functional groups attached to an aromatic ring is 1. The molecule has 0 radical (unpaired) electrons. The number of nitrogens with two attached hydrogens (primary N) is 1. The van der Waals surface area contributed by atoms with Crippen molar-refractivity contribution in [2.75, 3.05) is 24.3 Å². The molecule has 0 atom stereocenters. The standard InChI is InChI=1S/C14H18N2O4/c1-9(2)13(17)19-6-7-20-14(18)16-12-8-11(15)5-4-10(12)3/h4-5,8H,1,6-7,15H2,2-3H3,(H,16,18). The molecule has 0 unspecified atom stereocenters. The number of carbonyl (C=O) groups excluding carboxylic acids is 2. The number of nitrogens with one attached hydrogen (secondary N) is 1. The fourth-order valence-corrected chi connectivity index (χ4v) is 1.31. The van der Waals surface area contributed by atoms with Gasteiger partial charge in [-0.1, -0.05) is 12.6 Å². The molecule has 0 aromatic heterocycles. The molecule has 0 aliphatic heterocycles. The lowest BCUT2D eigenvalue weighted by Crippen LogP contribution is -2.18. The molecule has 0 heterocycles. The van der Waals surface area contributed by atoms with E-state index < -0.39 is 12.1 Å². The number of carbonyl (C=O) groups is 2. The van der Waals surface area contributed by atoms with Crippen LogP contribution >= 0.6 is 0 Å². The summed E-state index contributed by atoms with van der Waals surface area (Å²) in [6, 6.07) is 5.17. The van der Waals surface area contributed by atoms with Gasteiger partial charge in [-0.15, -0.1) is 0 Å². The van der Waals surface area contributed by atoms with Gasteiger partial charge in [0.05, 0.1) is 0 Å². The van der Waals surface area contributed by atoms with Crippen molar-refractivity contribution in [3.05, 3.63) is 35.9 Å². The predicted octanol–water partition coefficient (Wildman–Crippen LogP) is 2.25. The lowest BCUT2D eigenvalue weighted by molar-refractivity contribution is -0.139. The van der Waals surface area contributed by atoms with Gasteiger partial charge in [0.1, 0.15) is 13.2 Å². The van der Waals surface area contributed by atoms with E-state index in [0.717, 1.165) is 5.56 Å². The molecule has 108 valence electrons. The number of ether oxygens (including phenoxy) is 2. The van der Waals surface area contributed by atoms with E-state index in [9.17, 15) is 9.59 Å². The van der Waals surface area contributed by atoms with Crippen LogP contribution in [0.2, 0.25) is 0 Å². The lowest BCUT2D eigenvalue weighted by atomic mass is 10.2. The Bertz CT molecular complexity index is 526. The molecule has 1 aromatic carbocycles. The van der Waals surface area contributed by atoms with E-state index >= 15 is 0 Å². The summed E-state index contributed by atoms with van der Waals surface area (Å²) in [6.07, 6.45) is -0.634. The van der Waals surface area contributed by atoms with Crippen molar-refractivity contribution in [1.29, 1.82) is 0 Å². The van der Waals surface area contributed by atoms with E-state index in [1.54, 1.807) is 25.1 Å². The van der Waals surface area contributed by atoms with Crippen molar-refractivity contribution in [3.8, 4) is 0 Å².